The fraction of sp³-hybridized carbons (Fsp3) is 0.733. The zero-order chi connectivity index (χ0) is 28.5. The normalized spacial score (nSPS) is 27.4. The van der Waals surface area contributed by atoms with Gasteiger partial charge in [0.1, 0.15) is 10.3 Å². The van der Waals surface area contributed by atoms with Crippen molar-refractivity contribution in [3.05, 3.63) is 15.8 Å². The second-order valence-electron chi connectivity index (χ2n) is 11.8. The van der Waals surface area contributed by atoms with Gasteiger partial charge in [-0.2, -0.15) is 13.2 Å². The highest BCUT2D eigenvalue weighted by Gasteiger charge is 2.62. The van der Waals surface area contributed by atoms with Crippen molar-refractivity contribution < 1.29 is 37.0 Å². The molecule has 4 aliphatic rings. The van der Waals surface area contributed by atoms with Crippen LogP contribution in [0.5, 0.6) is 0 Å². The first-order chi connectivity index (χ1) is 19.1. The predicted octanol–water partition coefficient (Wildman–Crippen LogP) is 6.65. The lowest BCUT2D eigenvalue weighted by atomic mass is 9.66. The Labute approximate surface area is 237 Å². The van der Waals surface area contributed by atoms with Crippen LogP contribution in [0.1, 0.15) is 98.5 Å². The number of halogens is 3. The number of methoxy groups -OCH3 is 1. The summed E-state index contributed by atoms with van der Waals surface area (Å²) in [6.45, 7) is 2.90. The number of carbonyl (C=O) groups excluding carboxylic acids is 2. The molecule has 220 valence electrons. The van der Waals surface area contributed by atoms with Crippen molar-refractivity contribution in [1.82, 2.24) is 0 Å². The molecular formula is C30H38F3NO5S. The Morgan fingerprint density at radius 3 is 2.30 bits per heavy atom. The van der Waals surface area contributed by atoms with Gasteiger partial charge in [-0.3, -0.25) is 4.79 Å². The third-order valence-corrected chi connectivity index (χ3v) is 10.2. The average molecular weight is 582 g/mol. The fourth-order valence-corrected chi connectivity index (χ4v) is 7.88. The second-order valence-corrected chi connectivity index (χ2v) is 12.8. The Kier molecular flexibility index (Phi) is 8.57. The maximum absolute atomic E-state index is 13.5. The SMILES string of the molecule is COC(=O)c1sc(C#CC2(C(F)(F)F)CC2)cc1N(C(C)=O)C1(C2CCC(OC3CCOC3)CC2)CCCCC1. The third kappa shape index (κ3) is 5.79. The van der Waals surface area contributed by atoms with Gasteiger partial charge >= 0.3 is 12.1 Å². The smallest absolute Gasteiger partial charge is 0.405 e. The summed E-state index contributed by atoms with van der Waals surface area (Å²) in [7, 11) is 1.27. The molecule has 0 bridgehead atoms. The van der Waals surface area contributed by atoms with Crippen LogP contribution in [0.4, 0.5) is 18.9 Å². The van der Waals surface area contributed by atoms with Gasteiger partial charge in [-0.05, 0) is 69.8 Å². The number of hydrogen-bond donors (Lipinski definition) is 0. The molecule has 6 nitrogen and oxygen atoms in total. The van der Waals surface area contributed by atoms with E-state index in [1.165, 1.54) is 14.0 Å². The molecule has 40 heavy (non-hydrogen) atoms. The first-order valence-electron chi connectivity index (χ1n) is 14.4. The Balaban J connectivity index is 1.46. The second kappa shape index (κ2) is 11.7. The van der Waals surface area contributed by atoms with Gasteiger partial charge in [0.15, 0.2) is 0 Å². The van der Waals surface area contributed by atoms with Gasteiger partial charge in [0.05, 0.1) is 42.0 Å². The molecule has 1 aromatic rings. The molecule has 1 amide bonds. The number of carbonyl (C=O) groups is 2. The summed E-state index contributed by atoms with van der Waals surface area (Å²) in [4.78, 5) is 28.7. The van der Waals surface area contributed by atoms with Crippen molar-refractivity contribution in [2.75, 3.05) is 25.2 Å². The van der Waals surface area contributed by atoms with E-state index in [1.807, 2.05) is 0 Å². The maximum atomic E-state index is 13.5. The van der Waals surface area contributed by atoms with Gasteiger partial charge in [0, 0.05) is 13.5 Å². The van der Waals surface area contributed by atoms with Gasteiger partial charge in [0.2, 0.25) is 5.91 Å². The van der Waals surface area contributed by atoms with Gasteiger partial charge in [-0.15, -0.1) is 11.3 Å². The standard InChI is InChI=1S/C30H38F3NO5S/c1-20(35)34(25-18-24(40-26(25)27(36)37-2)10-14-28(15-16-28)30(31,32)33)29(12-4-3-5-13-29)21-6-8-22(9-7-21)39-23-11-17-38-19-23/h18,21-23H,3-9,11-13,15-17,19H2,1-2H3. The highest BCUT2D eigenvalue weighted by Crippen LogP contribution is 2.57. The van der Waals surface area contributed by atoms with Crippen LogP contribution < -0.4 is 4.90 Å². The van der Waals surface area contributed by atoms with E-state index in [-0.39, 0.29) is 41.8 Å². The van der Waals surface area contributed by atoms with Crippen molar-refractivity contribution in [2.24, 2.45) is 11.3 Å². The largest absolute Gasteiger partial charge is 0.465 e. The lowest BCUT2D eigenvalue weighted by molar-refractivity contribution is -0.168. The molecule has 1 unspecified atom stereocenters. The van der Waals surface area contributed by atoms with E-state index in [4.69, 9.17) is 14.2 Å². The number of thiophene rings is 1. The van der Waals surface area contributed by atoms with Gasteiger partial charge in [-0.25, -0.2) is 4.79 Å². The van der Waals surface area contributed by atoms with Crippen LogP contribution in [0.2, 0.25) is 0 Å². The Morgan fingerprint density at radius 2 is 1.75 bits per heavy atom. The molecular weight excluding hydrogens is 543 g/mol. The molecule has 2 heterocycles. The first kappa shape index (κ1) is 29.4. The molecule has 1 aliphatic heterocycles. The Morgan fingerprint density at radius 1 is 1.05 bits per heavy atom. The summed E-state index contributed by atoms with van der Waals surface area (Å²) < 4.78 is 57.3. The van der Waals surface area contributed by atoms with Crippen LogP contribution in [0.3, 0.4) is 0 Å². The van der Waals surface area contributed by atoms with E-state index in [1.54, 1.807) is 11.0 Å². The predicted molar refractivity (Wildman–Crippen MR) is 145 cm³/mol. The number of nitrogens with zero attached hydrogens (tertiary/aromatic N) is 1. The van der Waals surface area contributed by atoms with Gasteiger partial charge in [0.25, 0.3) is 0 Å². The van der Waals surface area contributed by atoms with E-state index < -0.39 is 23.1 Å². The van der Waals surface area contributed by atoms with Crippen LogP contribution >= 0.6 is 11.3 Å². The maximum Gasteiger partial charge on any atom is 0.405 e. The number of ether oxygens (including phenoxy) is 3. The molecule has 1 aromatic heterocycles. The average Bonchev–Trinajstić information content (AvgIpc) is 3.37. The van der Waals surface area contributed by atoms with Crippen LogP contribution in [-0.4, -0.2) is 56.1 Å². The van der Waals surface area contributed by atoms with E-state index >= 15 is 0 Å². The summed E-state index contributed by atoms with van der Waals surface area (Å²) in [6.07, 6.45) is 5.07. The third-order valence-electron chi connectivity index (χ3n) is 9.23. The molecule has 1 saturated heterocycles. The summed E-state index contributed by atoms with van der Waals surface area (Å²) in [6, 6.07) is 1.63. The van der Waals surface area contributed by atoms with Crippen LogP contribution in [-0.2, 0) is 19.0 Å². The molecule has 0 N–H and O–H groups in total. The fourth-order valence-electron chi connectivity index (χ4n) is 6.96. The molecule has 4 fully saturated rings. The number of alkyl halides is 3. The van der Waals surface area contributed by atoms with Crippen molar-refractivity contribution in [1.29, 1.82) is 0 Å². The van der Waals surface area contributed by atoms with E-state index in [0.29, 0.717) is 17.2 Å². The number of rotatable bonds is 6. The van der Waals surface area contributed by atoms with Crippen LogP contribution in [0, 0.1) is 23.2 Å². The van der Waals surface area contributed by atoms with Crippen molar-refractivity contribution in [2.45, 2.75) is 108 Å². The Bertz CT molecular complexity index is 1140. The minimum absolute atomic E-state index is 0.0194. The molecule has 10 heteroatoms. The van der Waals surface area contributed by atoms with Crippen molar-refractivity contribution in [3.8, 4) is 11.8 Å². The summed E-state index contributed by atoms with van der Waals surface area (Å²) >= 11 is 1.00. The number of anilines is 1. The Hall–Kier alpha value is -2.09. The molecule has 0 spiro atoms. The minimum Gasteiger partial charge on any atom is -0.465 e. The first-order valence-corrected chi connectivity index (χ1v) is 15.3. The lowest BCUT2D eigenvalue weighted by Crippen LogP contribution is -2.58. The molecule has 0 aromatic carbocycles. The van der Waals surface area contributed by atoms with Crippen LogP contribution in [0.25, 0.3) is 0 Å². The number of esters is 1. The van der Waals surface area contributed by atoms with Gasteiger partial charge in [-0.1, -0.05) is 31.1 Å². The topological polar surface area (TPSA) is 65.1 Å². The lowest BCUT2D eigenvalue weighted by Gasteiger charge is -2.52. The quantitative estimate of drug-likeness (QED) is 0.278. The van der Waals surface area contributed by atoms with E-state index in [2.05, 4.69) is 11.8 Å². The van der Waals surface area contributed by atoms with Gasteiger partial charge < -0.3 is 19.1 Å². The van der Waals surface area contributed by atoms with Crippen LogP contribution in [0.15, 0.2) is 6.07 Å². The summed E-state index contributed by atoms with van der Waals surface area (Å²) in [5.41, 5.74) is -2.04. The summed E-state index contributed by atoms with van der Waals surface area (Å²) in [5.74, 6) is 4.56. The van der Waals surface area contributed by atoms with Crippen molar-refractivity contribution in [3.63, 3.8) is 0 Å². The molecule has 3 aliphatic carbocycles. The highest BCUT2D eigenvalue weighted by atomic mass is 32.1. The highest BCUT2D eigenvalue weighted by molar-refractivity contribution is 7.15. The zero-order valence-electron chi connectivity index (χ0n) is 23.2. The minimum atomic E-state index is -4.39. The molecule has 3 saturated carbocycles. The number of amides is 1. The summed E-state index contributed by atoms with van der Waals surface area (Å²) in [5, 5.41) is 0. The van der Waals surface area contributed by atoms with Crippen molar-refractivity contribution >= 4 is 28.9 Å². The molecule has 1 atom stereocenters. The number of hydrogen-bond acceptors (Lipinski definition) is 6. The van der Waals surface area contributed by atoms with E-state index in [0.717, 1.165) is 82.2 Å². The zero-order valence-corrected chi connectivity index (χ0v) is 24.1. The molecule has 5 rings (SSSR count). The van der Waals surface area contributed by atoms with E-state index in [9.17, 15) is 22.8 Å². The molecule has 0 radical (unpaired) electrons. The monoisotopic (exact) mass is 581 g/mol.